The zero-order valence-electron chi connectivity index (χ0n) is 7.83. The molecule has 0 amide bonds. The highest BCUT2D eigenvalue weighted by atomic mass is 32.1. The maximum Gasteiger partial charge on any atom is 0.0702 e. The lowest BCUT2D eigenvalue weighted by Crippen LogP contribution is -1.94. The second-order valence-corrected chi connectivity index (χ2v) is 3.29. The summed E-state index contributed by atoms with van der Waals surface area (Å²) in [6, 6.07) is 5.41. The molecule has 1 aromatic rings. The van der Waals surface area contributed by atoms with E-state index in [1.807, 2.05) is 6.07 Å². The SMILES string of the molecule is Nc1ccc(C#CCCS)cc1CO. The first-order chi connectivity index (χ1) is 6.77. The lowest BCUT2D eigenvalue weighted by atomic mass is 10.1. The molecule has 0 radical (unpaired) electrons. The largest absolute Gasteiger partial charge is 0.398 e. The Balaban J connectivity index is 2.86. The Kier molecular flexibility index (Phi) is 4.37. The molecule has 0 bridgehead atoms. The maximum atomic E-state index is 8.97. The molecule has 2 nitrogen and oxygen atoms in total. The Hall–Kier alpha value is -1.11. The van der Waals surface area contributed by atoms with E-state index in [0.29, 0.717) is 5.69 Å². The minimum atomic E-state index is -0.0477. The normalized spacial score (nSPS) is 9.29. The van der Waals surface area contributed by atoms with Crippen molar-refractivity contribution in [3.05, 3.63) is 29.3 Å². The fourth-order valence-corrected chi connectivity index (χ4v) is 1.15. The van der Waals surface area contributed by atoms with Gasteiger partial charge in [-0.3, -0.25) is 0 Å². The molecule has 0 spiro atoms. The molecule has 0 saturated heterocycles. The molecular weight excluding hydrogens is 194 g/mol. The van der Waals surface area contributed by atoms with Crippen LogP contribution in [0.15, 0.2) is 18.2 Å². The van der Waals surface area contributed by atoms with Crippen molar-refractivity contribution in [3.63, 3.8) is 0 Å². The molecule has 0 aromatic heterocycles. The average molecular weight is 207 g/mol. The Labute approximate surface area is 89.5 Å². The molecule has 0 aliphatic heterocycles. The summed E-state index contributed by atoms with van der Waals surface area (Å²) in [6.07, 6.45) is 0.766. The second-order valence-electron chi connectivity index (χ2n) is 2.85. The van der Waals surface area contributed by atoms with E-state index < -0.39 is 0 Å². The topological polar surface area (TPSA) is 46.2 Å². The van der Waals surface area contributed by atoms with Gasteiger partial charge in [0.1, 0.15) is 0 Å². The van der Waals surface area contributed by atoms with Crippen LogP contribution in [0.4, 0.5) is 5.69 Å². The third-order valence-corrected chi connectivity index (χ3v) is 2.01. The van der Waals surface area contributed by atoms with E-state index in [1.54, 1.807) is 12.1 Å². The summed E-state index contributed by atoms with van der Waals surface area (Å²) in [4.78, 5) is 0. The highest BCUT2D eigenvalue weighted by molar-refractivity contribution is 7.80. The molecule has 1 aromatic carbocycles. The van der Waals surface area contributed by atoms with Crippen LogP contribution in [0.25, 0.3) is 0 Å². The lowest BCUT2D eigenvalue weighted by molar-refractivity contribution is 0.282. The van der Waals surface area contributed by atoms with Gasteiger partial charge < -0.3 is 10.8 Å². The van der Waals surface area contributed by atoms with Gasteiger partial charge in [0.15, 0.2) is 0 Å². The number of anilines is 1. The van der Waals surface area contributed by atoms with Crippen LogP contribution in [0.3, 0.4) is 0 Å². The van der Waals surface area contributed by atoms with Gasteiger partial charge in [-0.2, -0.15) is 12.6 Å². The van der Waals surface area contributed by atoms with Gasteiger partial charge in [0, 0.05) is 29.0 Å². The summed E-state index contributed by atoms with van der Waals surface area (Å²) < 4.78 is 0. The summed E-state index contributed by atoms with van der Waals surface area (Å²) in [5, 5.41) is 8.97. The zero-order chi connectivity index (χ0) is 10.4. The second kappa shape index (κ2) is 5.58. The van der Waals surface area contributed by atoms with E-state index in [2.05, 4.69) is 24.5 Å². The summed E-state index contributed by atoms with van der Waals surface area (Å²) in [7, 11) is 0. The van der Waals surface area contributed by atoms with E-state index in [1.165, 1.54) is 0 Å². The Morgan fingerprint density at radius 1 is 1.43 bits per heavy atom. The van der Waals surface area contributed by atoms with E-state index in [-0.39, 0.29) is 6.61 Å². The number of nitrogens with two attached hydrogens (primary N) is 1. The van der Waals surface area contributed by atoms with Crippen molar-refractivity contribution in [1.29, 1.82) is 0 Å². The number of rotatable bonds is 2. The molecule has 0 heterocycles. The van der Waals surface area contributed by atoms with Crippen LogP contribution in [-0.2, 0) is 6.61 Å². The van der Waals surface area contributed by atoms with Gasteiger partial charge >= 0.3 is 0 Å². The van der Waals surface area contributed by atoms with Gasteiger partial charge in [0.2, 0.25) is 0 Å². The fourth-order valence-electron chi connectivity index (χ4n) is 1.04. The summed E-state index contributed by atoms with van der Waals surface area (Å²) in [5.74, 6) is 6.71. The van der Waals surface area contributed by atoms with Crippen LogP contribution in [0, 0.1) is 11.8 Å². The molecule has 0 aliphatic rings. The molecular formula is C11H13NOS. The molecule has 3 N–H and O–H groups in total. The molecule has 1 rings (SSSR count). The number of aliphatic hydroxyl groups excluding tert-OH is 1. The Morgan fingerprint density at radius 3 is 2.86 bits per heavy atom. The van der Waals surface area contributed by atoms with Crippen molar-refractivity contribution in [3.8, 4) is 11.8 Å². The van der Waals surface area contributed by atoms with E-state index >= 15 is 0 Å². The van der Waals surface area contributed by atoms with Crippen LogP contribution in [0.1, 0.15) is 17.5 Å². The third-order valence-electron chi connectivity index (χ3n) is 1.78. The number of benzene rings is 1. The summed E-state index contributed by atoms with van der Waals surface area (Å²) in [5.41, 5.74) is 7.84. The molecule has 0 atom stereocenters. The Bertz CT molecular complexity index is 365. The summed E-state index contributed by atoms with van der Waals surface area (Å²) >= 11 is 4.06. The highest BCUT2D eigenvalue weighted by Gasteiger charge is 1.97. The number of nitrogen functional groups attached to an aromatic ring is 1. The van der Waals surface area contributed by atoms with Crippen molar-refractivity contribution in [2.45, 2.75) is 13.0 Å². The van der Waals surface area contributed by atoms with Crippen molar-refractivity contribution < 1.29 is 5.11 Å². The van der Waals surface area contributed by atoms with Gasteiger partial charge in [-0.15, -0.1) is 0 Å². The standard InChI is InChI=1S/C11H13NOS/c12-11-5-4-9(3-1-2-6-14)7-10(11)8-13/h4-5,7,13-14H,2,6,8,12H2. The average Bonchev–Trinajstić information content (AvgIpc) is 2.21. The monoisotopic (exact) mass is 207 g/mol. The van der Waals surface area contributed by atoms with Crippen molar-refractivity contribution >= 4 is 18.3 Å². The molecule has 14 heavy (non-hydrogen) atoms. The van der Waals surface area contributed by atoms with Crippen LogP contribution < -0.4 is 5.73 Å². The minimum Gasteiger partial charge on any atom is -0.398 e. The van der Waals surface area contributed by atoms with Crippen LogP contribution in [-0.4, -0.2) is 10.9 Å². The molecule has 0 aliphatic carbocycles. The predicted octanol–water partition coefficient (Wildman–Crippen LogP) is 1.43. The smallest absolute Gasteiger partial charge is 0.0702 e. The summed E-state index contributed by atoms with van der Waals surface area (Å²) in [6.45, 7) is -0.0477. The van der Waals surface area contributed by atoms with E-state index in [9.17, 15) is 0 Å². The van der Waals surface area contributed by atoms with Gasteiger partial charge in [-0.05, 0) is 18.2 Å². The first-order valence-corrected chi connectivity index (χ1v) is 5.00. The van der Waals surface area contributed by atoms with Crippen molar-refractivity contribution in [2.75, 3.05) is 11.5 Å². The van der Waals surface area contributed by atoms with Crippen LogP contribution >= 0.6 is 12.6 Å². The van der Waals surface area contributed by atoms with Gasteiger partial charge in [-0.25, -0.2) is 0 Å². The van der Waals surface area contributed by atoms with Crippen LogP contribution in [0.2, 0.25) is 0 Å². The first kappa shape index (κ1) is 11.0. The number of hydrogen-bond acceptors (Lipinski definition) is 3. The minimum absolute atomic E-state index is 0.0477. The highest BCUT2D eigenvalue weighted by Crippen LogP contribution is 2.13. The molecule has 74 valence electrons. The quantitative estimate of drug-likeness (QED) is 0.390. The van der Waals surface area contributed by atoms with Crippen molar-refractivity contribution in [2.24, 2.45) is 0 Å². The predicted molar refractivity (Wildman–Crippen MR) is 62.1 cm³/mol. The van der Waals surface area contributed by atoms with Crippen LogP contribution in [0.5, 0.6) is 0 Å². The van der Waals surface area contributed by atoms with E-state index in [4.69, 9.17) is 10.8 Å². The van der Waals surface area contributed by atoms with Gasteiger partial charge in [-0.1, -0.05) is 11.8 Å². The molecule has 0 unspecified atom stereocenters. The Morgan fingerprint density at radius 2 is 2.21 bits per heavy atom. The molecule has 0 fully saturated rings. The lowest BCUT2D eigenvalue weighted by Gasteiger charge is -2.01. The molecule has 0 saturated carbocycles. The number of aliphatic hydroxyl groups is 1. The van der Waals surface area contributed by atoms with E-state index in [0.717, 1.165) is 23.3 Å². The number of thiol groups is 1. The van der Waals surface area contributed by atoms with Gasteiger partial charge in [0.05, 0.1) is 6.61 Å². The zero-order valence-corrected chi connectivity index (χ0v) is 8.72. The van der Waals surface area contributed by atoms with Crippen molar-refractivity contribution in [1.82, 2.24) is 0 Å². The molecule has 3 heteroatoms. The first-order valence-electron chi connectivity index (χ1n) is 4.37. The number of hydrogen-bond donors (Lipinski definition) is 3. The third kappa shape index (κ3) is 2.99. The maximum absolute atomic E-state index is 8.97. The fraction of sp³-hybridized carbons (Fsp3) is 0.273. The van der Waals surface area contributed by atoms with Gasteiger partial charge in [0.25, 0.3) is 0 Å².